The standard InChI is InChI=1S/C14H15ClN4/c1-14(2,3)11-8-12(15)19(18-11)13-16-9-6-4-5-7-10(9)17-13/h4-8H,1-3H3,(H,16,17). The fourth-order valence-electron chi connectivity index (χ4n) is 1.91. The highest BCUT2D eigenvalue weighted by Gasteiger charge is 2.20. The van der Waals surface area contributed by atoms with E-state index in [0.29, 0.717) is 11.1 Å². The molecule has 1 aromatic carbocycles. The summed E-state index contributed by atoms with van der Waals surface area (Å²) in [5, 5.41) is 5.10. The number of nitrogens with one attached hydrogen (secondary N) is 1. The van der Waals surface area contributed by atoms with Crippen LogP contribution in [-0.2, 0) is 5.41 Å². The lowest BCUT2D eigenvalue weighted by Gasteiger charge is -2.13. The average molecular weight is 275 g/mol. The highest BCUT2D eigenvalue weighted by atomic mass is 35.5. The van der Waals surface area contributed by atoms with Gasteiger partial charge >= 0.3 is 0 Å². The molecule has 0 radical (unpaired) electrons. The number of benzene rings is 1. The summed E-state index contributed by atoms with van der Waals surface area (Å²) in [5.74, 6) is 0.640. The van der Waals surface area contributed by atoms with Gasteiger partial charge < -0.3 is 4.98 Å². The Labute approximate surface area is 116 Å². The topological polar surface area (TPSA) is 46.5 Å². The van der Waals surface area contributed by atoms with Gasteiger partial charge in [-0.25, -0.2) is 4.98 Å². The molecule has 2 heterocycles. The number of aromatic nitrogens is 4. The van der Waals surface area contributed by atoms with Gasteiger partial charge in [0.1, 0.15) is 5.15 Å². The molecule has 1 N–H and O–H groups in total. The zero-order valence-corrected chi connectivity index (χ0v) is 11.9. The van der Waals surface area contributed by atoms with Crippen LogP contribution in [0.3, 0.4) is 0 Å². The van der Waals surface area contributed by atoms with Gasteiger partial charge in [-0.1, -0.05) is 44.5 Å². The number of para-hydroxylation sites is 2. The Kier molecular flexibility index (Phi) is 2.64. The van der Waals surface area contributed by atoms with Crippen LogP contribution in [0.15, 0.2) is 30.3 Å². The first-order valence-electron chi connectivity index (χ1n) is 6.16. The number of H-pyrrole nitrogens is 1. The Balaban J connectivity index is 2.13. The lowest BCUT2D eigenvalue weighted by atomic mass is 9.93. The minimum absolute atomic E-state index is 0.0408. The zero-order valence-electron chi connectivity index (χ0n) is 11.1. The number of hydrogen-bond acceptors (Lipinski definition) is 2. The van der Waals surface area contributed by atoms with Crippen molar-refractivity contribution >= 4 is 22.6 Å². The van der Waals surface area contributed by atoms with Crippen LogP contribution >= 0.6 is 11.6 Å². The first-order valence-corrected chi connectivity index (χ1v) is 6.54. The maximum atomic E-state index is 6.25. The van der Waals surface area contributed by atoms with Gasteiger partial charge in [-0.3, -0.25) is 0 Å². The monoisotopic (exact) mass is 274 g/mol. The molecule has 0 aliphatic heterocycles. The van der Waals surface area contributed by atoms with Crippen LogP contribution in [0.5, 0.6) is 0 Å². The molecule has 0 saturated heterocycles. The van der Waals surface area contributed by atoms with Gasteiger partial charge in [0.15, 0.2) is 0 Å². The number of nitrogens with zero attached hydrogens (tertiary/aromatic N) is 3. The Morgan fingerprint density at radius 1 is 1.21 bits per heavy atom. The Hall–Kier alpha value is -1.81. The average Bonchev–Trinajstić information content (AvgIpc) is 2.90. The molecule has 0 spiro atoms. The number of imidazole rings is 1. The second kappa shape index (κ2) is 4.10. The molecular weight excluding hydrogens is 260 g/mol. The Bertz CT molecular complexity index is 700. The van der Waals surface area contributed by atoms with Gasteiger partial charge in [-0.15, -0.1) is 0 Å². The number of halogens is 1. The van der Waals surface area contributed by atoms with Gasteiger partial charge in [0, 0.05) is 5.41 Å². The van der Waals surface area contributed by atoms with Crippen molar-refractivity contribution in [2.24, 2.45) is 0 Å². The van der Waals surface area contributed by atoms with Gasteiger partial charge in [0.2, 0.25) is 5.95 Å². The fourth-order valence-corrected chi connectivity index (χ4v) is 2.13. The molecule has 0 aliphatic carbocycles. The van der Waals surface area contributed by atoms with Crippen LogP contribution in [0.2, 0.25) is 5.15 Å². The summed E-state index contributed by atoms with van der Waals surface area (Å²) in [6, 6.07) is 9.74. The summed E-state index contributed by atoms with van der Waals surface area (Å²) in [4.78, 5) is 7.72. The third-order valence-electron chi connectivity index (χ3n) is 3.01. The SMILES string of the molecule is CC(C)(C)c1cc(Cl)n(-c2nc3ccccc3[nH]2)n1. The van der Waals surface area contributed by atoms with Crippen molar-refractivity contribution in [1.82, 2.24) is 19.7 Å². The molecule has 0 amide bonds. The lowest BCUT2D eigenvalue weighted by Crippen LogP contribution is -2.12. The molecule has 0 unspecified atom stereocenters. The second-order valence-electron chi connectivity index (χ2n) is 5.59. The van der Waals surface area contributed by atoms with Crippen LogP contribution in [-0.4, -0.2) is 19.7 Å². The van der Waals surface area contributed by atoms with Crippen LogP contribution in [0.4, 0.5) is 0 Å². The van der Waals surface area contributed by atoms with Crippen LogP contribution in [0.25, 0.3) is 17.0 Å². The summed E-state index contributed by atoms with van der Waals surface area (Å²) >= 11 is 6.25. The van der Waals surface area contributed by atoms with E-state index in [1.54, 1.807) is 4.68 Å². The van der Waals surface area contributed by atoms with E-state index in [1.807, 2.05) is 30.3 Å². The molecule has 19 heavy (non-hydrogen) atoms. The van der Waals surface area contributed by atoms with Gasteiger partial charge in [0.25, 0.3) is 0 Å². The van der Waals surface area contributed by atoms with Crippen molar-refractivity contribution in [1.29, 1.82) is 0 Å². The van der Waals surface area contributed by atoms with E-state index in [-0.39, 0.29) is 5.41 Å². The summed E-state index contributed by atoms with van der Waals surface area (Å²) in [6.07, 6.45) is 0. The quantitative estimate of drug-likeness (QED) is 0.735. The largest absolute Gasteiger partial charge is 0.322 e. The maximum absolute atomic E-state index is 6.25. The highest BCUT2D eigenvalue weighted by molar-refractivity contribution is 6.29. The van der Waals surface area contributed by atoms with E-state index in [9.17, 15) is 0 Å². The van der Waals surface area contributed by atoms with Gasteiger partial charge in [0.05, 0.1) is 16.7 Å². The van der Waals surface area contributed by atoms with Crippen LogP contribution in [0, 0.1) is 0 Å². The van der Waals surface area contributed by atoms with Gasteiger partial charge in [-0.05, 0) is 18.2 Å². The highest BCUT2D eigenvalue weighted by Crippen LogP contribution is 2.25. The minimum Gasteiger partial charge on any atom is -0.322 e. The van der Waals surface area contributed by atoms with Gasteiger partial charge in [-0.2, -0.15) is 9.78 Å². The predicted octanol–water partition coefficient (Wildman–Crippen LogP) is 3.70. The van der Waals surface area contributed by atoms with E-state index in [1.165, 1.54) is 0 Å². The molecule has 3 rings (SSSR count). The van der Waals surface area contributed by atoms with E-state index in [2.05, 4.69) is 35.8 Å². The van der Waals surface area contributed by atoms with Crippen LogP contribution in [0.1, 0.15) is 26.5 Å². The first-order chi connectivity index (χ1) is 8.95. The zero-order chi connectivity index (χ0) is 13.6. The van der Waals surface area contributed by atoms with E-state index in [4.69, 9.17) is 11.6 Å². The summed E-state index contributed by atoms with van der Waals surface area (Å²) < 4.78 is 1.64. The van der Waals surface area contributed by atoms with Crippen molar-refractivity contribution in [3.05, 3.63) is 41.2 Å². The minimum atomic E-state index is -0.0408. The number of aromatic amines is 1. The summed E-state index contributed by atoms with van der Waals surface area (Å²) in [7, 11) is 0. The van der Waals surface area contributed by atoms with Crippen molar-refractivity contribution in [2.45, 2.75) is 26.2 Å². The molecule has 0 fully saturated rings. The third-order valence-corrected chi connectivity index (χ3v) is 3.28. The molecule has 0 aliphatic rings. The summed E-state index contributed by atoms with van der Waals surface area (Å²) in [5.41, 5.74) is 2.78. The third kappa shape index (κ3) is 2.12. The molecule has 98 valence electrons. The lowest BCUT2D eigenvalue weighted by molar-refractivity contribution is 0.559. The Morgan fingerprint density at radius 2 is 1.95 bits per heavy atom. The van der Waals surface area contributed by atoms with Crippen molar-refractivity contribution in [2.75, 3.05) is 0 Å². The number of rotatable bonds is 1. The number of fused-ring (bicyclic) bond motifs is 1. The molecule has 5 heteroatoms. The molecule has 0 bridgehead atoms. The first kappa shape index (κ1) is 12.2. The Morgan fingerprint density at radius 3 is 2.58 bits per heavy atom. The predicted molar refractivity (Wildman–Crippen MR) is 76.9 cm³/mol. The molecule has 0 saturated carbocycles. The fraction of sp³-hybridized carbons (Fsp3) is 0.286. The van der Waals surface area contributed by atoms with Crippen molar-refractivity contribution in [3.8, 4) is 5.95 Å². The molecule has 3 aromatic rings. The van der Waals surface area contributed by atoms with E-state index in [0.717, 1.165) is 16.7 Å². The molecule has 4 nitrogen and oxygen atoms in total. The normalized spacial score (nSPS) is 12.2. The summed E-state index contributed by atoms with van der Waals surface area (Å²) in [6.45, 7) is 6.32. The maximum Gasteiger partial charge on any atom is 0.230 e. The van der Waals surface area contributed by atoms with E-state index >= 15 is 0 Å². The number of hydrogen-bond donors (Lipinski definition) is 1. The smallest absolute Gasteiger partial charge is 0.230 e. The molecular formula is C14H15ClN4. The van der Waals surface area contributed by atoms with Crippen molar-refractivity contribution < 1.29 is 0 Å². The second-order valence-corrected chi connectivity index (χ2v) is 5.98. The van der Waals surface area contributed by atoms with Crippen LogP contribution < -0.4 is 0 Å². The van der Waals surface area contributed by atoms with E-state index < -0.39 is 0 Å². The molecule has 0 atom stereocenters. The molecule has 2 aromatic heterocycles. The van der Waals surface area contributed by atoms with Crippen molar-refractivity contribution in [3.63, 3.8) is 0 Å².